The SMILES string of the molecule is CCCN(c1ccc(C(CC)NC)nc1)C1CC1. The zero-order valence-corrected chi connectivity index (χ0v) is 11.8. The molecule has 1 heterocycles. The van der Waals surface area contributed by atoms with Crippen LogP contribution in [0.3, 0.4) is 0 Å². The van der Waals surface area contributed by atoms with Crippen LogP contribution in [-0.4, -0.2) is 24.6 Å². The maximum atomic E-state index is 4.63. The van der Waals surface area contributed by atoms with E-state index in [-0.39, 0.29) is 0 Å². The van der Waals surface area contributed by atoms with Gasteiger partial charge in [-0.2, -0.15) is 0 Å². The van der Waals surface area contributed by atoms with Crippen LogP contribution in [0.5, 0.6) is 0 Å². The molecule has 1 fully saturated rings. The Hall–Kier alpha value is -1.09. The average molecular weight is 247 g/mol. The second-order valence-electron chi connectivity index (χ2n) is 5.12. The van der Waals surface area contributed by atoms with Gasteiger partial charge in [0.15, 0.2) is 0 Å². The largest absolute Gasteiger partial charge is 0.367 e. The lowest BCUT2D eigenvalue weighted by molar-refractivity contribution is 0.561. The molecule has 0 saturated heterocycles. The number of pyridine rings is 1. The maximum absolute atomic E-state index is 4.63. The van der Waals surface area contributed by atoms with Crippen LogP contribution in [0.15, 0.2) is 18.3 Å². The Bertz CT molecular complexity index is 353. The van der Waals surface area contributed by atoms with Gasteiger partial charge in [0.2, 0.25) is 0 Å². The van der Waals surface area contributed by atoms with E-state index in [1.807, 2.05) is 13.2 Å². The molecule has 18 heavy (non-hydrogen) atoms. The molecule has 0 radical (unpaired) electrons. The third-order valence-corrected chi connectivity index (χ3v) is 3.67. The van der Waals surface area contributed by atoms with Crippen LogP contribution < -0.4 is 10.2 Å². The fraction of sp³-hybridized carbons (Fsp3) is 0.667. The molecule has 1 N–H and O–H groups in total. The van der Waals surface area contributed by atoms with Crippen LogP contribution in [0.1, 0.15) is 51.3 Å². The molecule has 1 unspecified atom stereocenters. The monoisotopic (exact) mass is 247 g/mol. The van der Waals surface area contributed by atoms with Gasteiger partial charge in [-0.25, -0.2) is 0 Å². The average Bonchev–Trinajstić information content (AvgIpc) is 3.23. The Labute approximate surface area is 111 Å². The number of nitrogens with one attached hydrogen (secondary N) is 1. The second kappa shape index (κ2) is 6.19. The first kappa shape index (κ1) is 13.3. The highest BCUT2D eigenvalue weighted by molar-refractivity contribution is 5.47. The molecule has 3 heteroatoms. The van der Waals surface area contributed by atoms with Gasteiger partial charge < -0.3 is 10.2 Å². The van der Waals surface area contributed by atoms with Crippen molar-refractivity contribution >= 4 is 5.69 Å². The molecule has 2 rings (SSSR count). The summed E-state index contributed by atoms with van der Waals surface area (Å²) in [5.74, 6) is 0. The van der Waals surface area contributed by atoms with E-state index in [4.69, 9.17) is 0 Å². The normalized spacial score (nSPS) is 16.6. The maximum Gasteiger partial charge on any atom is 0.0574 e. The molecule has 1 saturated carbocycles. The number of hydrogen-bond donors (Lipinski definition) is 1. The fourth-order valence-electron chi connectivity index (χ4n) is 2.48. The molecule has 0 aromatic carbocycles. The van der Waals surface area contributed by atoms with Crippen molar-refractivity contribution in [2.45, 2.75) is 51.6 Å². The summed E-state index contributed by atoms with van der Waals surface area (Å²) < 4.78 is 0. The first-order valence-electron chi connectivity index (χ1n) is 7.20. The molecule has 1 atom stereocenters. The molecule has 3 nitrogen and oxygen atoms in total. The van der Waals surface area contributed by atoms with Gasteiger partial charge in [-0.3, -0.25) is 4.98 Å². The van der Waals surface area contributed by atoms with Gasteiger partial charge in [-0.15, -0.1) is 0 Å². The van der Waals surface area contributed by atoms with E-state index in [0.717, 1.165) is 24.7 Å². The fourth-order valence-corrected chi connectivity index (χ4v) is 2.48. The molecule has 1 aromatic heterocycles. The van der Waals surface area contributed by atoms with E-state index in [2.05, 4.69) is 41.2 Å². The highest BCUT2D eigenvalue weighted by atomic mass is 15.2. The Morgan fingerprint density at radius 3 is 2.61 bits per heavy atom. The van der Waals surface area contributed by atoms with Crippen molar-refractivity contribution in [3.63, 3.8) is 0 Å². The lowest BCUT2D eigenvalue weighted by Gasteiger charge is -2.24. The van der Waals surface area contributed by atoms with Crippen molar-refractivity contribution in [1.29, 1.82) is 0 Å². The summed E-state index contributed by atoms with van der Waals surface area (Å²) in [4.78, 5) is 7.14. The van der Waals surface area contributed by atoms with E-state index >= 15 is 0 Å². The highest BCUT2D eigenvalue weighted by Crippen LogP contribution is 2.31. The van der Waals surface area contributed by atoms with Gasteiger partial charge in [-0.05, 0) is 44.9 Å². The summed E-state index contributed by atoms with van der Waals surface area (Å²) in [5, 5.41) is 3.30. The zero-order valence-electron chi connectivity index (χ0n) is 11.8. The van der Waals surface area contributed by atoms with Crippen LogP contribution in [0, 0.1) is 0 Å². The molecule has 0 spiro atoms. The van der Waals surface area contributed by atoms with Gasteiger partial charge in [0.1, 0.15) is 0 Å². The summed E-state index contributed by atoms with van der Waals surface area (Å²) in [6.45, 7) is 5.57. The van der Waals surface area contributed by atoms with Crippen molar-refractivity contribution in [1.82, 2.24) is 10.3 Å². The van der Waals surface area contributed by atoms with Crippen molar-refractivity contribution in [2.75, 3.05) is 18.5 Å². The molecular formula is C15H25N3. The van der Waals surface area contributed by atoms with Gasteiger partial charge in [0, 0.05) is 18.6 Å². The molecule has 1 aliphatic rings. The van der Waals surface area contributed by atoms with Crippen molar-refractivity contribution in [3.8, 4) is 0 Å². The molecule has 0 amide bonds. The summed E-state index contributed by atoms with van der Waals surface area (Å²) in [7, 11) is 2.00. The van der Waals surface area contributed by atoms with Crippen molar-refractivity contribution in [2.24, 2.45) is 0 Å². The van der Waals surface area contributed by atoms with E-state index in [9.17, 15) is 0 Å². The highest BCUT2D eigenvalue weighted by Gasteiger charge is 2.28. The van der Waals surface area contributed by atoms with Crippen LogP contribution in [0.25, 0.3) is 0 Å². The van der Waals surface area contributed by atoms with Crippen LogP contribution in [0.2, 0.25) is 0 Å². The van der Waals surface area contributed by atoms with Crippen LogP contribution in [-0.2, 0) is 0 Å². The molecule has 100 valence electrons. The molecule has 0 bridgehead atoms. The minimum Gasteiger partial charge on any atom is -0.367 e. The summed E-state index contributed by atoms with van der Waals surface area (Å²) >= 11 is 0. The molecule has 1 aromatic rings. The number of anilines is 1. The van der Waals surface area contributed by atoms with Gasteiger partial charge in [-0.1, -0.05) is 13.8 Å². The number of aromatic nitrogens is 1. The zero-order chi connectivity index (χ0) is 13.0. The van der Waals surface area contributed by atoms with Gasteiger partial charge in [0.05, 0.1) is 17.6 Å². The quantitative estimate of drug-likeness (QED) is 0.802. The summed E-state index contributed by atoms with van der Waals surface area (Å²) in [6, 6.07) is 5.55. The standard InChI is InChI=1S/C15H25N3/c1-4-10-18(12-6-7-12)13-8-9-15(17-11-13)14(5-2)16-3/h8-9,11-12,14,16H,4-7,10H2,1-3H3. The van der Waals surface area contributed by atoms with Crippen molar-refractivity contribution in [3.05, 3.63) is 24.0 Å². The van der Waals surface area contributed by atoms with Gasteiger partial charge in [0.25, 0.3) is 0 Å². The lowest BCUT2D eigenvalue weighted by Crippen LogP contribution is -2.26. The first-order chi connectivity index (χ1) is 8.80. The Balaban J connectivity index is 2.10. The van der Waals surface area contributed by atoms with Crippen LogP contribution in [0.4, 0.5) is 5.69 Å². The van der Waals surface area contributed by atoms with Crippen molar-refractivity contribution < 1.29 is 0 Å². The first-order valence-corrected chi connectivity index (χ1v) is 7.20. The minimum atomic E-state index is 0.375. The second-order valence-corrected chi connectivity index (χ2v) is 5.12. The van der Waals surface area contributed by atoms with E-state index < -0.39 is 0 Å². The van der Waals surface area contributed by atoms with Crippen LogP contribution >= 0.6 is 0 Å². The third-order valence-electron chi connectivity index (χ3n) is 3.67. The predicted molar refractivity (Wildman–Crippen MR) is 77.0 cm³/mol. The predicted octanol–water partition coefficient (Wildman–Crippen LogP) is 3.13. The Morgan fingerprint density at radius 2 is 2.17 bits per heavy atom. The van der Waals surface area contributed by atoms with E-state index in [1.54, 1.807) is 0 Å². The number of rotatable bonds is 7. The minimum absolute atomic E-state index is 0.375. The van der Waals surface area contributed by atoms with E-state index in [0.29, 0.717) is 6.04 Å². The smallest absolute Gasteiger partial charge is 0.0574 e. The third kappa shape index (κ3) is 3.02. The number of hydrogen-bond acceptors (Lipinski definition) is 3. The Morgan fingerprint density at radius 1 is 1.39 bits per heavy atom. The Kier molecular flexibility index (Phi) is 4.59. The van der Waals surface area contributed by atoms with Gasteiger partial charge >= 0.3 is 0 Å². The molecule has 0 aliphatic heterocycles. The lowest BCUT2D eigenvalue weighted by atomic mass is 10.1. The summed E-state index contributed by atoms with van der Waals surface area (Å²) in [5.41, 5.74) is 2.44. The molecule has 1 aliphatic carbocycles. The number of nitrogens with zero attached hydrogens (tertiary/aromatic N) is 2. The van der Waals surface area contributed by atoms with E-state index in [1.165, 1.54) is 24.9 Å². The molecular weight excluding hydrogens is 222 g/mol. The summed E-state index contributed by atoms with van der Waals surface area (Å²) in [6.07, 6.45) is 7.01. The topological polar surface area (TPSA) is 28.2 Å².